The minimum atomic E-state index is -0.481. The molecule has 2 aromatic rings. The molecular weight excluding hydrogens is 271 g/mol. The van der Waals surface area contributed by atoms with Gasteiger partial charge in [0.25, 0.3) is 0 Å². The van der Waals surface area contributed by atoms with Crippen LogP contribution in [0.2, 0.25) is 0 Å². The van der Waals surface area contributed by atoms with Crippen LogP contribution in [0.4, 0.5) is 10.1 Å². The molecule has 0 radical (unpaired) electrons. The molecule has 1 atom stereocenters. The summed E-state index contributed by atoms with van der Waals surface area (Å²) < 4.78 is 21.3. The van der Waals surface area contributed by atoms with Crippen LogP contribution in [-0.4, -0.2) is 35.6 Å². The Morgan fingerprint density at radius 1 is 1.43 bits per heavy atom. The third-order valence-electron chi connectivity index (χ3n) is 3.53. The van der Waals surface area contributed by atoms with E-state index in [0.717, 1.165) is 0 Å². The van der Waals surface area contributed by atoms with Crippen molar-refractivity contribution in [3.63, 3.8) is 0 Å². The van der Waals surface area contributed by atoms with E-state index in [0.29, 0.717) is 31.9 Å². The summed E-state index contributed by atoms with van der Waals surface area (Å²) >= 11 is 0. The molecule has 1 aromatic carbocycles. The van der Waals surface area contributed by atoms with Gasteiger partial charge in [0.2, 0.25) is 0 Å². The Kier molecular flexibility index (Phi) is 3.84. The molecule has 108 valence electrons. The molecule has 1 saturated heterocycles. The van der Waals surface area contributed by atoms with Gasteiger partial charge < -0.3 is 9.64 Å². The molecule has 1 aromatic heterocycles. The van der Waals surface area contributed by atoms with E-state index in [-0.39, 0.29) is 11.7 Å². The average Bonchev–Trinajstić information content (AvgIpc) is 3.00. The highest BCUT2D eigenvalue weighted by Gasteiger charge is 2.23. The van der Waals surface area contributed by atoms with E-state index in [1.807, 2.05) is 27.9 Å². The number of nitrogens with zero attached hydrogens (tertiary/aromatic N) is 4. The van der Waals surface area contributed by atoms with Gasteiger partial charge in [-0.15, -0.1) is 0 Å². The Labute approximate surface area is 122 Å². The molecule has 3 rings (SSSR count). The van der Waals surface area contributed by atoms with Crippen LogP contribution in [0.15, 0.2) is 36.7 Å². The number of benzene rings is 1. The quantitative estimate of drug-likeness (QED) is 0.863. The molecule has 0 N–H and O–H groups in total. The van der Waals surface area contributed by atoms with Gasteiger partial charge in [-0.3, -0.25) is 4.68 Å². The SMILES string of the molecule is N#Cc1c(F)cccc1N1CCOC(Cn2cccn2)C1. The molecular formula is C15H15FN4O. The van der Waals surface area contributed by atoms with Gasteiger partial charge >= 0.3 is 0 Å². The largest absolute Gasteiger partial charge is 0.373 e. The lowest BCUT2D eigenvalue weighted by atomic mass is 10.1. The number of hydrogen-bond donors (Lipinski definition) is 0. The van der Waals surface area contributed by atoms with Crippen LogP contribution in [0.3, 0.4) is 0 Å². The summed E-state index contributed by atoms with van der Waals surface area (Å²) in [4.78, 5) is 2.00. The van der Waals surface area contributed by atoms with Crippen molar-refractivity contribution >= 4 is 5.69 Å². The molecule has 2 heterocycles. The van der Waals surface area contributed by atoms with Crippen molar-refractivity contribution in [3.8, 4) is 6.07 Å². The monoisotopic (exact) mass is 286 g/mol. The van der Waals surface area contributed by atoms with Crippen LogP contribution in [0.1, 0.15) is 5.56 Å². The van der Waals surface area contributed by atoms with E-state index >= 15 is 0 Å². The van der Waals surface area contributed by atoms with E-state index in [1.54, 1.807) is 18.3 Å². The summed E-state index contributed by atoms with van der Waals surface area (Å²) in [6.45, 7) is 2.44. The van der Waals surface area contributed by atoms with E-state index in [9.17, 15) is 4.39 Å². The molecule has 0 bridgehead atoms. The number of halogens is 1. The summed E-state index contributed by atoms with van der Waals surface area (Å²) in [7, 11) is 0. The van der Waals surface area contributed by atoms with Crippen molar-refractivity contribution in [2.75, 3.05) is 24.6 Å². The summed E-state index contributed by atoms with van der Waals surface area (Å²) in [5.41, 5.74) is 0.725. The van der Waals surface area contributed by atoms with Crippen LogP contribution in [0, 0.1) is 17.1 Å². The predicted molar refractivity (Wildman–Crippen MR) is 75.3 cm³/mol. The molecule has 6 heteroatoms. The van der Waals surface area contributed by atoms with Gasteiger partial charge in [0.15, 0.2) is 0 Å². The topological polar surface area (TPSA) is 54.1 Å². The molecule has 1 unspecified atom stereocenters. The first-order valence-corrected chi connectivity index (χ1v) is 6.80. The second-order valence-electron chi connectivity index (χ2n) is 4.91. The highest BCUT2D eigenvalue weighted by Crippen LogP contribution is 2.24. The summed E-state index contributed by atoms with van der Waals surface area (Å²) in [5.74, 6) is -0.481. The van der Waals surface area contributed by atoms with E-state index < -0.39 is 5.82 Å². The lowest BCUT2D eigenvalue weighted by molar-refractivity contribution is 0.0274. The normalized spacial score (nSPS) is 18.5. The van der Waals surface area contributed by atoms with Crippen LogP contribution >= 0.6 is 0 Å². The summed E-state index contributed by atoms with van der Waals surface area (Å²) in [6, 6.07) is 8.52. The lowest BCUT2D eigenvalue weighted by Gasteiger charge is -2.35. The van der Waals surface area contributed by atoms with Gasteiger partial charge in [-0.1, -0.05) is 6.07 Å². The van der Waals surface area contributed by atoms with E-state index in [1.165, 1.54) is 6.07 Å². The first kappa shape index (κ1) is 13.6. The van der Waals surface area contributed by atoms with Crippen molar-refractivity contribution in [2.45, 2.75) is 12.6 Å². The maximum absolute atomic E-state index is 13.7. The highest BCUT2D eigenvalue weighted by atomic mass is 19.1. The third-order valence-corrected chi connectivity index (χ3v) is 3.53. The first-order chi connectivity index (χ1) is 10.3. The molecule has 0 spiro atoms. The molecule has 5 nitrogen and oxygen atoms in total. The number of anilines is 1. The van der Waals surface area contributed by atoms with Crippen LogP contribution in [0.25, 0.3) is 0 Å². The number of ether oxygens (including phenoxy) is 1. The van der Waals surface area contributed by atoms with Gasteiger partial charge in [0.05, 0.1) is 24.9 Å². The highest BCUT2D eigenvalue weighted by molar-refractivity contribution is 5.60. The molecule has 21 heavy (non-hydrogen) atoms. The predicted octanol–water partition coefficient (Wildman–Crippen LogP) is 1.80. The second-order valence-corrected chi connectivity index (χ2v) is 4.91. The Morgan fingerprint density at radius 2 is 2.33 bits per heavy atom. The van der Waals surface area contributed by atoms with E-state index in [2.05, 4.69) is 5.10 Å². The van der Waals surface area contributed by atoms with Crippen molar-refractivity contribution in [1.82, 2.24) is 9.78 Å². The first-order valence-electron chi connectivity index (χ1n) is 6.80. The van der Waals surface area contributed by atoms with Crippen molar-refractivity contribution in [1.29, 1.82) is 5.26 Å². The van der Waals surface area contributed by atoms with E-state index in [4.69, 9.17) is 10.00 Å². The Hall–Kier alpha value is -2.39. The number of aromatic nitrogens is 2. The second kappa shape index (κ2) is 5.94. The minimum Gasteiger partial charge on any atom is -0.373 e. The lowest BCUT2D eigenvalue weighted by Crippen LogP contribution is -2.44. The molecule has 1 aliphatic heterocycles. The fraction of sp³-hybridized carbons (Fsp3) is 0.333. The van der Waals surface area contributed by atoms with Gasteiger partial charge in [-0.25, -0.2) is 4.39 Å². The summed E-state index contributed by atoms with van der Waals surface area (Å²) in [5, 5.41) is 13.3. The maximum atomic E-state index is 13.7. The number of rotatable bonds is 3. The summed E-state index contributed by atoms with van der Waals surface area (Å²) in [6.07, 6.45) is 3.57. The molecule has 0 amide bonds. The fourth-order valence-corrected chi connectivity index (χ4v) is 2.55. The van der Waals surface area contributed by atoms with Gasteiger partial charge in [0.1, 0.15) is 17.4 Å². The molecule has 1 aliphatic rings. The average molecular weight is 286 g/mol. The number of morpholine rings is 1. The third kappa shape index (κ3) is 2.88. The minimum absolute atomic E-state index is 0.0338. The zero-order valence-electron chi connectivity index (χ0n) is 11.4. The number of hydrogen-bond acceptors (Lipinski definition) is 4. The van der Waals surface area contributed by atoms with Gasteiger partial charge in [-0.2, -0.15) is 10.4 Å². The Balaban J connectivity index is 1.77. The molecule has 1 fully saturated rings. The van der Waals surface area contributed by atoms with Crippen molar-refractivity contribution < 1.29 is 9.13 Å². The fourth-order valence-electron chi connectivity index (χ4n) is 2.55. The molecule has 0 aliphatic carbocycles. The van der Waals surface area contributed by atoms with Crippen molar-refractivity contribution in [3.05, 3.63) is 48.0 Å². The zero-order chi connectivity index (χ0) is 14.7. The Morgan fingerprint density at radius 3 is 3.10 bits per heavy atom. The van der Waals surface area contributed by atoms with Crippen LogP contribution in [0.5, 0.6) is 0 Å². The van der Waals surface area contributed by atoms with Crippen LogP contribution in [-0.2, 0) is 11.3 Å². The van der Waals surface area contributed by atoms with Gasteiger partial charge in [0, 0.05) is 25.5 Å². The Bertz CT molecular complexity index is 650. The number of nitriles is 1. The smallest absolute Gasteiger partial charge is 0.143 e. The van der Waals surface area contributed by atoms with Crippen molar-refractivity contribution in [2.24, 2.45) is 0 Å². The van der Waals surface area contributed by atoms with Crippen LogP contribution < -0.4 is 4.90 Å². The standard InChI is InChI=1S/C15H15FN4O/c16-14-3-1-4-15(13(14)9-17)19-7-8-21-12(10-19)11-20-6-2-5-18-20/h1-6,12H,7-8,10-11H2. The zero-order valence-corrected chi connectivity index (χ0v) is 11.4. The molecule has 0 saturated carbocycles. The maximum Gasteiger partial charge on any atom is 0.143 e. The van der Waals surface area contributed by atoms with Gasteiger partial charge in [-0.05, 0) is 18.2 Å².